The van der Waals surface area contributed by atoms with Crippen molar-refractivity contribution in [2.75, 3.05) is 18.4 Å². The molecule has 1 aromatic heterocycles. The Labute approximate surface area is 102 Å². The number of hydrogen-bond acceptors (Lipinski definition) is 5. The summed E-state index contributed by atoms with van der Waals surface area (Å²) >= 11 is 1.24. The normalized spacial score (nSPS) is 14.4. The summed E-state index contributed by atoms with van der Waals surface area (Å²) < 4.78 is 0. The van der Waals surface area contributed by atoms with Crippen molar-refractivity contribution in [3.8, 4) is 0 Å². The summed E-state index contributed by atoms with van der Waals surface area (Å²) in [6.45, 7) is 0.993. The molecular formula is C10H13N3O3S. The second kappa shape index (κ2) is 5.13. The summed E-state index contributed by atoms with van der Waals surface area (Å²) in [5.74, 6) is -0.752. The Bertz CT molecular complexity index is 428. The highest BCUT2D eigenvalue weighted by atomic mass is 32.1. The molecule has 17 heavy (non-hydrogen) atoms. The first-order chi connectivity index (χ1) is 8.18. The van der Waals surface area contributed by atoms with Gasteiger partial charge in [0.1, 0.15) is 5.00 Å². The molecule has 0 spiro atoms. The lowest BCUT2D eigenvalue weighted by molar-refractivity contribution is -0.122. The molecule has 0 bridgehead atoms. The second-order valence-electron chi connectivity index (χ2n) is 3.83. The van der Waals surface area contributed by atoms with Crippen molar-refractivity contribution in [3.63, 3.8) is 0 Å². The van der Waals surface area contributed by atoms with Gasteiger partial charge in [-0.3, -0.25) is 4.79 Å². The smallest absolute Gasteiger partial charge is 0.357 e. The van der Waals surface area contributed by atoms with Crippen LogP contribution in [0.5, 0.6) is 0 Å². The first-order valence-electron chi connectivity index (χ1n) is 5.37. The Morgan fingerprint density at radius 2 is 2.24 bits per heavy atom. The van der Waals surface area contributed by atoms with Crippen LogP contribution in [0, 0.1) is 5.92 Å². The van der Waals surface area contributed by atoms with Crippen molar-refractivity contribution in [2.45, 2.75) is 12.8 Å². The number of thiazole rings is 1. The molecule has 0 saturated heterocycles. The Morgan fingerprint density at radius 1 is 1.47 bits per heavy atom. The van der Waals surface area contributed by atoms with Crippen LogP contribution < -0.4 is 10.6 Å². The third-order valence-electron chi connectivity index (χ3n) is 2.43. The molecule has 0 aliphatic heterocycles. The number of nitrogens with zero attached hydrogens (tertiary/aromatic N) is 1. The fourth-order valence-electron chi connectivity index (χ4n) is 1.38. The number of aromatic nitrogens is 1. The molecule has 6 nitrogen and oxygen atoms in total. The van der Waals surface area contributed by atoms with Crippen LogP contribution in [0.2, 0.25) is 0 Å². The van der Waals surface area contributed by atoms with E-state index in [1.54, 1.807) is 0 Å². The molecule has 1 heterocycles. The van der Waals surface area contributed by atoms with E-state index in [-0.39, 0.29) is 17.5 Å². The number of amides is 1. The fraction of sp³-hybridized carbons (Fsp3) is 0.500. The standard InChI is InChI=1S/C10H13N3O3S/c14-8(6-1-2-6)11-3-4-12-9-7(10(15)16)13-5-17-9/h5-6,12H,1-4H2,(H,11,14)(H,15,16). The first kappa shape index (κ1) is 11.8. The summed E-state index contributed by atoms with van der Waals surface area (Å²) in [7, 11) is 0. The van der Waals surface area contributed by atoms with Crippen LogP contribution in [0.4, 0.5) is 5.00 Å². The van der Waals surface area contributed by atoms with Crippen LogP contribution in [0.15, 0.2) is 5.51 Å². The van der Waals surface area contributed by atoms with Crippen LogP contribution in [0.1, 0.15) is 23.3 Å². The molecule has 0 aromatic carbocycles. The van der Waals surface area contributed by atoms with Crippen molar-refractivity contribution >= 4 is 28.2 Å². The molecule has 0 radical (unpaired) electrons. The zero-order valence-corrected chi connectivity index (χ0v) is 9.92. The van der Waals surface area contributed by atoms with Crippen molar-refractivity contribution in [3.05, 3.63) is 11.2 Å². The number of hydrogen-bond donors (Lipinski definition) is 3. The maximum Gasteiger partial charge on any atom is 0.357 e. The van der Waals surface area contributed by atoms with Gasteiger partial charge >= 0.3 is 5.97 Å². The number of carboxylic acids is 1. The SMILES string of the molecule is O=C(O)c1ncsc1NCCNC(=O)C1CC1. The van der Waals surface area contributed by atoms with E-state index in [4.69, 9.17) is 5.11 Å². The second-order valence-corrected chi connectivity index (χ2v) is 4.68. The Balaban J connectivity index is 1.72. The number of aromatic carboxylic acids is 1. The van der Waals surface area contributed by atoms with E-state index < -0.39 is 5.97 Å². The summed E-state index contributed by atoms with van der Waals surface area (Å²) in [5, 5.41) is 15.1. The number of carboxylic acid groups (broad SMARTS) is 1. The fourth-order valence-corrected chi connectivity index (χ4v) is 2.08. The predicted octanol–water partition coefficient (Wildman–Crippen LogP) is 0.779. The lowest BCUT2D eigenvalue weighted by atomic mass is 10.4. The molecule has 1 saturated carbocycles. The van der Waals surface area contributed by atoms with Gasteiger partial charge in [-0.1, -0.05) is 0 Å². The molecule has 0 atom stereocenters. The number of nitrogens with one attached hydrogen (secondary N) is 2. The van der Waals surface area contributed by atoms with Crippen LogP contribution in [-0.2, 0) is 4.79 Å². The van der Waals surface area contributed by atoms with Crippen LogP contribution in [0.25, 0.3) is 0 Å². The summed E-state index contributed by atoms with van der Waals surface area (Å²) in [4.78, 5) is 25.8. The van der Waals surface area contributed by atoms with E-state index in [1.165, 1.54) is 16.8 Å². The Morgan fingerprint density at radius 3 is 2.88 bits per heavy atom. The molecule has 1 aliphatic rings. The summed E-state index contributed by atoms with van der Waals surface area (Å²) in [5.41, 5.74) is 1.51. The monoisotopic (exact) mass is 255 g/mol. The van der Waals surface area contributed by atoms with Crippen molar-refractivity contribution < 1.29 is 14.7 Å². The highest BCUT2D eigenvalue weighted by molar-refractivity contribution is 7.14. The van der Waals surface area contributed by atoms with E-state index >= 15 is 0 Å². The van der Waals surface area contributed by atoms with Crippen molar-refractivity contribution in [1.82, 2.24) is 10.3 Å². The number of rotatable bonds is 6. The zero-order chi connectivity index (χ0) is 12.3. The molecule has 1 fully saturated rings. The molecule has 1 aromatic rings. The van der Waals surface area contributed by atoms with Gasteiger partial charge in [-0.15, -0.1) is 11.3 Å². The van der Waals surface area contributed by atoms with E-state index in [0.717, 1.165) is 12.8 Å². The van der Waals surface area contributed by atoms with Gasteiger partial charge in [0.2, 0.25) is 5.91 Å². The molecule has 1 amide bonds. The van der Waals surface area contributed by atoms with Gasteiger partial charge in [0, 0.05) is 19.0 Å². The Kier molecular flexibility index (Phi) is 3.58. The lowest BCUT2D eigenvalue weighted by Gasteiger charge is -2.06. The quantitative estimate of drug-likeness (QED) is 0.653. The van der Waals surface area contributed by atoms with Gasteiger partial charge in [-0.05, 0) is 12.8 Å². The van der Waals surface area contributed by atoms with Crippen LogP contribution in [0.3, 0.4) is 0 Å². The minimum absolute atomic E-state index is 0.0310. The minimum Gasteiger partial charge on any atom is -0.476 e. The molecule has 0 unspecified atom stereocenters. The van der Waals surface area contributed by atoms with E-state index in [2.05, 4.69) is 15.6 Å². The number of carbonyl (C=O) groups is 2. The van der Waals surface area contributed by atoms with E-state index in [0.29, 0.717) is 18.1 Å². The Hall–Kier alpha value is -1.63. The number of carbonyl (C=O) groups excluding carboxylic acids is 1. The van der Waals surface area contributed by atoms with Crippen molar-refractivity contribution in [2.24, 2.45) is 5.92 Å². The third-order valence-corrected chi connectivity index (χ3v) is 3.21. The first-order valence-corrected chi connectivity index (χ1v) is 6.25. The van der Waals surface area contributed by atoms with E-state index in [1.807, 2.05) is 0 Å². The van der Waals surface area contributed by atoms with Gasteiger partial charge in [-0.2, -0.15) is 0 Å². The van der Waals surface area contributed by atoms with Crippen LogP contribution in [-0.4, -0.2) is 35.1 Å². The van der Waals surface area contributed by atoms with E-state index in [9.17, 15) is 9.59 Å². The maximum atomic E-state index is 11.3. The van der Waals surface area contributed by atoms with Gasteiger partial charge in [0.25, 0.3) is 0 Å². The van der Waals surface area contributed by atoms with Gasteiger partial charge in [0.05, 0.1) is 5.51 Å². The third kappa shape index (κ3) is 3.16. The molecule has 3 N–H and O–H groups in total. The summed E-state index contributed by atoms with van der Waals surface area (Å²) in [6, 6.07) is 0. The largest absolute Gasteiger partial charge is 0.476 e. The molecule has 1 aliphatic carbocycles. The lowest BCUT2D eigenvalue weighted by Crippen LogP contribution is -2.29. The topological polar surface area (TPSA) is 91.3 Å². The average molecular weight is 255 g/mol. The molecule has 92 valence electrons. The predicted molar refractivity (Wildman–Crippen MR) is 63.3 cm³/mol. The zero-order valence-electron chi connectivity index (χ0n) is 9.10. The van der Waals surface area contributed by atoms with Crippen LogP contribution >= 0.6 is 11.3 Å². The van der Waals surface area contributed by atoms with Crippen molar-refractivity contribution in [1.29, 1.82) is 0 Å². The molecular weight excluding hydrogens is 242 g/mol. The minimum atomic E-state index is -1.05. The highest BCUT2D eigenvalue weighted by Crippen LogP contribution is 2.28. The highest BCUT2D eigenvalue weighted by Gasteiger charge is 2.28. The molecule has 2 rings (SSSR count). The maximum absolute atomic E-state index is 11.3. The molecule has 7 heteroatoms. The summed E-state index contributed by atoms with van der Waals surface area (Å²) in [6.07, 6.45) is 1.97. The average Bonchev–Trinajstić information content (AvgIpc) is 3.03. The van der Waals surface area contributed by atoms with Gasteiger partial charge < -0.3 is 15.7 Å². The number of anilines is 1. The van der Waals surface area contributed by atoms with Gasteiger partial charge in [-0.25, -0.2) is 9.78 Å². The van der Waals surface area contributed by atoms with Gasteiger partial charge in [0.15, 0.2) is 5.69 Å².